The summed E-state index contributed by atoms with van der Waals surface area (Å²) in [6.07, 6.45) is 8.31. The van der Waals surface area contributed by atoms with Gasteiger partial charge in [0.1, 0.15) is 0 Å². The highest BCUT2D eigenvalue weighted by Gasteiger charge is 2.02. The SMILES string of the molecule is C#CCNCC(=O)Nc1ccc2nccnc2c1. The molecule has 90 valence electrons. The molecule has 5 heteroatoms. The summed E-state index contributed by atoms with van der Waals surface area (Å²) in [5.74, 6) is 2.26. The summed E-state index contributed by atoms with van der Waals surface area (Å²) in [7, 11) is 0. The molecule has 1 heterocycles. The van der Waals surface area contributed by atoms with E-state index in [1.807, 2.05) is 6.07 Å². The Morgan fingerprint density at radius 1 is 1.28 bits per heavy atom. The molecular weight excluding hydrogens is 228 g/mol. The van der Waals surface area contributed by atoms with E-state index in [-0.39, 0.29) is 12.5 Å². The molecule has 18 heavy (non-hydrogen) atoms. The molecule has 0 fully saturated rings. The van der Waals surface area contributed by atoms with Gasteiger partial charge in [0.15, 0.2) is 0 Å². The Balaban J connectivity index is 2.03. The second-order valence-electron chi connectivity index (χ2n) is 3.62. The highest BCUT2D eigenvalue weighted by molar-refractivity contribution is 5.94. The lowest BCUT2D eigenvalue weighted by atomic mass is 10.2. The van der Waals surface area contributed by atoms with Crippen LogP contribution < -0.4 is 10.6 Å². The van der Waals surface area contributed by atoms with Crippen LogP contribution in [0.1, 0.15) is 0 Å². The molecule has 0 bridgehead atoms. The second kappa shape index (κ2) is 5.75. The Morgan fingerprint density at radius 3 is 2.83 bits per heavy atom. The lowest BCUT2D eigenvalue weighted by Gasteiger charge is -2.05. The second-order valence-corrected chi connectivity index (χ2v) is 3.62. The van der Waals surface area contributed by atoms with Gasteiger partial charge in [0.2, 0.25) is 5.91 Å². The van der Waals surface area contributed by atoms with Gasteiger partial charge in [-0.05, 0) is 18.2 Å². The number of carbonyl (C=O) groups is 1. The van der Waals surface area contributed by atoms with Gasteiger partial charge in [-0.1, -0.05) is 5.92 Å². The molecule has 0 saturated heterocycles. The quantitative estimate of drug-likeness (QED) is 0.612. The summed E-state index contributed by atoms with van der Waals surface area (Å²) in [4.78, 5) is 19.9. The first-order chi connectivity index (χ1) is 8.79. The molecule has 0 unspecified atom stereocenters. The molecule has 2 N–H and O–H groups in total. The van der Waals surface area contributed by atoms with Crippen molar-refractivity contribution in [2.45, 2.75) is 0 Å². The predicted octanol–water partition coefficient (Wildman–Crippen LogP) is 0.791. The lowest BCUT2D eigenvalue weighted by Crippen LogP contribution is -2.28. The van der Waals surface area contributed by atoms with E-state index in [1.54, 1.807) is 24.5 Å². The summed E-state index contributed by atoms with van der Waals surface area (Å²) in [6.45, 7) is 0.555. The van der Waals surface area contributed by atoms with Crippen LogP contribution in [-0.4, -0.2) is 29.0 Å². The van der Waals surface area contributed by atoms with Crippen LogP contribution in [0.15, 0.2) is 30.6 Å². The van der Waals surface area contributed by atoms with Gasteiger partial charge in [-0.15, -0.1) is 6.42 Å². The number of anilines is 1. The van der Waals surface area contributed by atoms with Crippen molar-refractivity contribution in [3.05, 3.63) is 30.6 Å². The normalized spacial score (nSPS) is 9.94. The molecule has 1 amide bonds. The third kappa shape index (κ3) is 3.03. The topological polar surface area (TPSA) is 66.9 Å². The zero-order chi connectivity index (χ0) is 12.8. The number of fused-ring (bicyclic) bond motifs is 1. The molecular formula is C13H12N4O. The fourth-order valence-electron chi connectivity index (χ4n) is 1.49. The van der Waals surface area contributed by atoms with Crippen LogP contribution in [0.5, 0.6) is 0 Å². The highest BCUT2D eigenvalue weighted by Crippen LogP contribution is 2.14. The van der Waals surface area contributed by atoms with Gasteiger partial charge < -0.3 is 5.32 Å². The Hall–Kier alpha value is -2.45. The molecule has 0 spiro atoms. The number of hydrogen-bond acceptors (Lipinski definition) is 4. The molecule has 1 aromatic heterocycles. The minimum Gasteiger partial charge on any atom is -0.325 e. The van der Waals surface area contributed by atoms with Gasteiger partial charge >= 0.3 is 0 Å². The number of aromatic nitrogens is 2. The van der Waals surface area contributed by atoms with Crippen molar-refractivity contribution < 1.29 is 4.79 Å². The molecule has 1 aromatic carbocycles. The number of terminal acetylenes is 1. The van der Waals surface area contributed by atoms with Crippen molar-refractivity contribution in [2.24, 2.45) is 0 Å². The summed E-state index contributed by atoms with van der Waals surface area (Å²) < 4.78 is 0. The zero-order valence-electron chi connectivity index (χ0n) is 9.68. The summed E-state index contributed by atoms with van der Waals surface area (Å²) in [6, 6.07) is 5.38. The minimum absolute atomic E-state index is 0.145. The maximum atomic E-state index is 11.5. The van der Waals surface area contributed by atoms with E-state index in [4.69, 9.17) is 6.42 Å². The van der Waals surface area contributed by atoms with Crippen molar-refractivity contribution in [2.75, 3.05) is 18.4 Å². The standard InChI is InChI=1S/C13H12N4O/c1-2-5-14-9-13(18)17-10-3-4-11-12(8-10)16-7-6-15-11/h1,3-4,6-8,14H,5,9H2,(H,17,18). The van der Waals surface area contributed by atoms with Crippen LogP contribution in [-0.2, 0) is 4.79 Å². The fourth-order valence-corrected chi connectivity index (χ4v) is 1.49. The molecule has 2 rings (SSSR count). The Labute approximate surface area is 105 Å². The van der Waals surface area contributed by atoms with Crippen molar-refractivity contribution >= 4 is 22.6 Å². The van der Waals surface area contributed by atoms with Crippen LogP contribution in [0.2, 0.25) is 0 Å². The molecule has 2 aromatic rings. The van der Waals surface area contributed by atoms with Crippen molar-refractivity contribution in [1.82, 2.24) is 15.3 Å². The number of amides is 1. The first kappa shape index (κ1) is 12.0. The molecule has 0 radical (unpaired) electrons. The summed E-state index contributed by atoms with van der Waals surface area (Å²) >= 11 is 0. The molecule has 0 atom stereocenters. The Morgan fingerprint density at radius 2 is 2.06 bits per heavy atom. The molecule has 0 aliphatic heterocycles. The van der Waals surface area contributed by atoms with Gasteiger partial charge in [-0.2, -0.15) is 0 Å². The molecule has 5 nitrogen and oxygen atoms in total. The first-order valence-electron chi connectivity index (χ1n) is 5.44. The van der Waals surface area contributed by atoms with Crippen LogP contribution >= 0.6 is 0 Å². The van der Waals surface area contributed by atoms with E-state index >= 15 is 0 Å². The van der Waals surface area contributed by atoms with E-state index < -0.39 is 0 Å². The fraction of sp³-hybridized carbons (Fsp3) is 0.154. The first-order valence-corrected chi connectivity index (χ1v) is 5.44. The van der Waals surface area contributed by atoms with Crippen LogP contribution in [0.4, 0.5) is 5.69 Å². The third-order valence-corrected chi connectivity index (χ3v) is 2.27. The number of benzene rings is 1. The van der Waals surface area contributed by atoms with E-state index in [2.05, 4.69) is 26.5 Å². The largest absolute Gasteiger partial charge is 0.325 e. The zero-order valence-corrected chi connectivity index (χ0v) is 9.68. The number of nitrogens with zero attached hydrogens (tertiary/aromatic N) is 2. The number of hydrogen-bond donors (Lipinski definition) is 2. The van der Waals surface area contributed by atoms with E-state index in [0.717, 1.165) is 11.0 Å². The van der Waals surface area contributed by atoms with Gasteiger partial charge in [0, 0.05) is 18.1 Å². The van der Waals surface area contributed by atoms with Gasteiger partial charge in [0.25, 0.3) is 0 Å². The number of nitrogens with one attached hydrogen (secondary N) is 2. The van der Waals surface area contributed by atoms with Gasteiger partial charge in [-0.3, -0.25) is 20.1 Å². The summed E-state index contributed by atoms with van der Waals surface area (Å²) in [5, 5.41) is 5.57. The molecule has 0 aliphatic carbocycles. The Bertz CT molecular complexity index is 603. The maximum Gasteiger partial charge on any atom is 0.238 e. The Kier molecular flexibility index (Phi) is 3.84. The maximum absolute atomic E-state index is 11.5. The molecule has 0 saturated carbocycles. The lowest BCUT2D eigenvalue weighted by molar-refractivity contribution is -0.115. The van der Waals surface area contributed by atoms with Crippen LogP contribution in [0.3, 0.4) is 0 Å². The average Bonchev–Trinajstić information content (AvgIpc) is 2.39. The van der Waals surface area contributed by atoms with Crippen LogP contribution in [0.25, 0.3) is 11.0 Å². The van der Waals surface area contributed by atoms with Crippen molar-refractivity contribution in [3.8, 4) is 12.3 Å². The van der Waals surface area contributed by atoms with Crippen molar-refractivity contribution in [1.29, 1.82) is 0 Å². The number of carbonyl (C=O) groups excluding carboxylic acids is 1. The monoisotopic (exact) mass is 240 g/mol. The van der Waals surface area contributed by atoms with Gasteiger partial charge in [0.05, 0.1) is 24.1 Å². The van der Waals surface area contributed by atoms with Gasteiger partial charge in [-0.25, -0.2) is 0 Å². The number of rotatable bonds is 4. The average molecular weight is 240 g/mol. The predicted molar refractivity (Wildman–Crippen MR) is 69.9 cm³/mol. The summed E-state index contributed by atoms with van der Waals surface area (Å²) in [5.41, 5.74) is 2.23. The smallest absolute Gasteiger partial charge is 0.238 e. The van der Waals surface area contributed by atoms with Crippen molar-refractivity contribution in [3.63, 3.8) is 0 Å². The highest BCUT2D eigenvalue weighted by atomic mass is 16.1. The van der Waals surface area contributed by atoms with E-state index in [1.165, 1.54) is 0 Å². The minimum atomic E-state index is -0.145. The molecule has 0 aliphatic rings. The third-order valence-electron chi connectivity index (χ3n) is 2.27. The van der Waals surface area contributed by atoms with E-state index in [0.29, 0.717) is 12.2 Å². The van der Waals surface area contributed by atoms with E-state index in [9.17, 15) is 4.79 Å². The van der Waals surface area contributed by atoms with Crippen LogP contribution in [0, 0.1) is 12.3 Å².